The van der Waals surface area contributed by atoms with Crippen LogP contribution in [0.1, 0.15) is 16.1 Å². The second kappa shape index (κ2) is 4.65. The minimum absolute atomic E-state index is 0.232. The predicted octanol–water partition coefficient (Wildman–Crippen LogP) is 2.83. The van der Waals surface area contributed by atoms with Crippen LogP contribution in [0.2, 0.25) is 0 Å². The summed E-state index contributed by atoms with van der Waals surface area (Å²) in [5, 5.41) is 12.0. The number of benzene rings is 1. The highest BCUT2D eigenvalue weighted by Crippen LogP contribution is 2.16. The lowest BCUT2D eigenvalue weighted by Crippen LogP contribution is -2.01. The summed E-state index contributed by atoms with van der Waals surface area (Å²) in [5.41, 5.74) is 1.78. The first-order valence-electron chi connectivity index (χ1n) is 5.19. The number of hydrogen-bond acceptors (Lipinski definition) is 3. The van der Waals surface area contributed by atoms with Gasteiger partial charge in [0.25, 0.3) is 0 Å². The molecule has 0 aliphatic heterocycles. The first kappa shape index (κ1) is 11.1. The van der Waals surface area contributed by atoms with Crippen molar-refractivity contribution in [1.82, 2.24) is 4.98 Å². The number of rotatable bonds is 3. The van der Waals surface area contributed by atoms with E-state index in [9.17, 15) is 4.79 Å². The van der Waals surface area contributed by atoms with Crippen LogP contribution in [0.5, 0.6) is 0 Å². The van der Waals surface area contributed by atoms with Crippen LogP contribution in [-0.2, 0) is 0 Å². The van der Waals surface area contributed by atoms with Crippen LogP contribution in [0.15, 0.2) is 42.5 Å². The van der Waals surface area contributed by atoms with Crippen molar-refractivity contribution in [2.75, 3.05) is 5.32 Å². The van der Waals surface area contributed by atoms with Gasteiger partial charge in [0, 0.05) is 11.4 Å². The van der Waals surface area contributed by atoms with Gasteiger partial charge in [0.2, 0.25) is 0 Å². The third-order valence-electron chi connectivity index (χ3n) is 2.25. The summed E-state index contributed by atoms with van der Waals surface area (Å²) in [4.78, 5) is 15.1. The van der Waals surface area contributed by atoms with Gasteiger partial charge in [-0.3, -0.25) is 0 Å². The molecule has 0 atom stereocenters. The Labute approximate surface area is 98.9 Å². The van der Waals surface area contributed by atoms with Crippen molar-refractivity contribution in [3.63, 3.8) is 0 Å². The van der Waals surface area contributed by atoms with Crippen LogP contribution in [0.3, 0.4) is 0 Å². The molecule has 0 aliphatic rings. The Morgan fingerprint density at radius 1 is 1.24 bits per heavy atom. The molecule has 0 saturated heterocycles. The number of carbonyl (C=O) groups is 1. The molecule has 17 heavy (non-hydrogen) atoms. The van der Waals surface area contributed by atoms with Crippen LogP contribution in [0, 0.1) is 6.92 Å². The third-order valence-corrected chi connectivity index (χ3v) is 2.25. The SMILES string of the molecule is Cc1cc(C(=O)O)cc(Nc2ccccc2)n1. The van der Waals surface area contributed by atoms with Crippen molar-refractivity contribution in [3.05, 3.63) is 53.7 Å². The van der Waals surface area contributed by atoms with E-state index in [1.54, 1.807) is 13.0 Å². The molecule has 1 aromatic heterocycles. The maximum absolute atomic E-state index is 10.9. The highest BCUT2D eigenvalue weighted by atomic mass is 16.4. The van der Waals surface area contributed by atoms with Gasteiger partial charge in [0.15, 0.2) is 0 Å². The number of pyridine rings is 1. The van der Waals surface area contributed by atoms with Crippen LogP contribution in [0.4, 0.5) is 11.5 Å². The summed E-state index contributed by atoms with van der Waals surface area (Å²) >= 11 is 0. The Kier molecular flexibility index (Phi) is 3.05. The number of aromatic nitrogens is 1. The van der Waals surface area contributed by atoms with E-state index in [2.05, 4.69) is 10.3 Å². The van der Waals surface area contributed by atoms with E-state index in [0.29, 0.717) is 11.5 Å². The first-order chi connectivity index (χ1) is 8.15. The number of nitrogens with zero attached hydrogens (tertiary/aromatic N) is 1. The average Bonchev–Trinajstić information content (AvgIpc) is 2.29. The van der Waals surface area contributed by atoms with E-state index >= 15 is 0 Å². The topological polar surface area (TPSA) is 62.2 Å². The van der Waals surface area contributed by atoms with Gasteiger partial charge in [-0.15, -0.1) is 0 Å². The van der Waals surface area contributed by atoms with Crippen LogP contribution in [0.25, 0.3) is 0 Å². The lowest BCUT2D eigenvalue weighted by molar-refractivity contribution is 0.0696. The zero-order valence-corrected chi connectivity index (χ0v) is 9.34. The van der Waals surface area contributed by atoms with Gasteiger partial charge in [0.1, 0.15) is 5.82 Å². The van der Waals surface area contributed by atoms with Crippen molar-refractivity contribution >= 4 is 17.5 Å². The van der Waals surface area contributed by atoms with E-state index in [1.165, 1.54) is 6.07 Å². The number of anilines is 2. The number of para-hydroxylation sites is 1. The average molecular weight is 228 g/mol. The molecule has 0 bridgehead atoms. The van der Waals surface area contributed by atoms with Gasteiger partial charge >= 0.3 is 5.97 Å². The third kappa shape index (κ3) is 2.81. The van der Waals surface area contributed by atoms with Crippen molar-refractivity contribution in [2.24, 2.45) is 0 Å². The minimum atomic E-state index is -0.952. The Morgan fingerprint density at radius 2 is 1.94 bits per heavy atom. The zero-order valence-electron chi connectivity index (χ0n) is 9.34. The maximum Gasteiger partial charge on any atom is 0.335 e. The Balaban J connectivity index is 2.30. The van der Waals surface area contributed by atoms with Crippen LogP contribution < -0.4 is 5.32 Å². The fourth-order valence-electron chi connectivity index (χ4n) is 1.53. The molecule has 0 saturated carbocycles. The van der Waals surface area contributed by atoms with Crippen LogP contribution >= 0.6 is 0 Å². The molecule has 4 nitrogen and oxygen atoms in total. The van der Waals surface area contributed by atoms with Crippen molar-refractivity contribution < 1.29 is 9.90 Å². The largest absolute Gasteiger partial charge is 0.478 e. The number of aromatic carboxylic acids is 1. The van der Waals surface area contributed by atoms with Gasteiger partial charge in [-0.25, -0.2) is 9.78 Å². The van der Waals surface area contributed by atoms with Crippen LogP contribution in [-0.4, -0.2) is 16.1 Å². The molecule has 0 spiro atoms. The summed E-state index contributed by atoms with van der Waals surface area (Å²) in [6.45, 7) is 1.77. The summed E-state index contributed by atoms with van der Waals surface area (Å²) in [5.74, 6) is -0.416. The maximum atomic E-state index is 10.9. The molecular formula is C13H12N2O2. The molecule has 2 rings (SSSR count). The van der Waals surface area contributed by atoms with Crippen molar-refractivity contribution in [2.45, 2.75) is 6.92 Å². The van der Waals surface area contributed by atoms with Gasteiger partial charge in [-0.05, 0) is 31.2 Å². The molecule has 2 aromatic rings. The van der Waals surface area contributed by atoms with Gasteiger partial charge < -0.3 is 10.4 Å². The molecule has 1 aromatic carbocycles. The summed E-state index contributed by atoms with van der Waals surface area (Å²) in [7, 11) is 0. The van der Waals surface area contributed by atoms with E-state index in [1.807, 2.05) is 30.3 Å². The van der Waals surface area contributed by atoms with Gasteiger partial charge in [-0.1, -0.05) is 18.2 Å². The first-order valence-corrected chi connectivity index (χ1v) is 5.19. The standard InChI is InChI=1S/C13H12N2O2/c1-9-7-10(13(16)17)8-12(14-9)15-11-5-3-2-4-6-11/h2-8H,1H3,(H,14,15)(H,16,17). The summed E-state index contributed by atoms with van der Waals surface area (Å²) in [6, 6.07) is 12.6. The smallest absolute Gasteiger partial charge is 0.335 e. The molecule has 0 fully saturated rings. The predicted molar refractivity (Wildman–Crippen MR) is 65.7 cm³/mol. The molecule has 1 heterocycles. The molecule has 0 aliphatic carbocycles. The minimum Gasteiger partial charge on any atom is -0.478 e. The Hall–Kier alpha value is -2.36. The number of aryl methyl sites for hydroxylation is 1. The Bertz CT molecular complexity index is 538. The molecule has 0 radical (unpaired) electrons. The highest BCUT2D eigenvalue weighted by Gasteiger charge is 2.06. The number of carboxylic acids is 1. The van der Waals surface area contributed by atoms with Crippen molar-refractivity contribution in [1.29, 1.82) is 0 Å². The van der Waals surface area contributed by atoms with E-state index in [0.717, 1.165) is 5.69 Å². The summed E-state index contributed by atoms with van der Waals surface area (Å²) < 4.78 is 0. The highest BCUT2D eigenvalue weighted by molar-refractivity contribution is 5.88. The fraction of sp³-hybridized carbons (Fsp3) is 0.0769. The fourth-order valence-corrected chi connectivity index (χ4v) is 1.53. The number of hydrogen-bond donors (Lipinski definition) is 2. The van der Waals surface area contributed by atoms with E-state index in [4.69, 9.17) is 5.11 Å². The quantitative estimate of drug-likeness (QED) is 0.847. The Morgan fingerprint density at radius 3 is 2.59 bits per heavy atom. The lowest BCUT2D eigenvalue weighted by Gasteiger charge is -2.07. The van der Waals surface area contributed by atoms with E-state index < -0.39 is 5.97 Å². The lowest BCUT2D eigenvalue weighted by atomic mass is 10.2. The van der Waals surface area contributed by atoms with Crippen molar-refractivity contribution in [3.8, 4) is 0 Å². The zero-order chi connectivity index (χ0) is 12.3. The van der Waals surface area contributed by atoms with Gasteiger partial charge in [0.05, 0.1) is 5.56 Å². The number of nitrogens with one attached hydrogen (secondary N) is 1. The molecule has 86 valence electrons. The molecule has 2 N–H and O–H groups in total. The molecule has 0 unspecified atom stereocenters. The normalized spacial score (nSPS) is 9.94. The second-order valence-corrected chi connectivity index (χ2v) is 3.68. The molecule has 0 amide bonds. The molecule has 4 heteroatoms. The van der Waals surface area contributed by atoms with E-state index in [-0.39, 0.29) is 5.56 Å². The monoisotopic (exact) mass is 228 g/mol. The summed E-state index contributed by atoms with van der Waals surface area (Å²) in [6.07, 6.45) is 0. The molecular weight excluding hydrogens is 216 g/mol. The number of carboxylic acid groups (broad SMARTS) is 1. The van der Waals surface area contributed by atoms with Gasteiger partial charge in [-0.2, -0.15) is 0 Å². The second-order valence-electron chi connectivity index (χ2n) is 3.68.